The minimum Gasteiger partial charge on any atom is -0.394 e. The molecular weight excluding hydrogens is 206 g/mol. The Balaban J connectivity index is 2.16. The molecule has 0 spiro atoms. The number of hydrogen-bond donors (Lipinski definition) is 2. The summed E-state index contributed by atoms with van der Waals surface area (Å²) in [6.45, 7) is 2.17. The van der Waals surface area contributed by atoms with Gasteiger partial charge in [0, 0.05) is 24.3 Å². The number of hydrogen-bond acceptors (Lipinski definition) is 4. The van der Waals surface area contributed by atoms with Gasteiger partial charge in [-0.2, -0.15) is 0 Å². The lowest BCUT2D eigenvalue weighted by molar-refractivity contribution is 0.00348. The molecule has 0 radical (unpaired) electrons. The van der Waals surface area contributed by atoms with Crippen molar-refractivity contribution in [1.29, 1.82) is 0 Å². The molecule has 1 aliphatic heterocycles. The molecule has 0 amide bonds. The smallest absolute Gasteiger partial charge is 0.0980 e. The lowest BCUT2D eigenvalue weighted by Gasteiger charge is -2.34. The summed E-state index contributed by atoms with van der Waals surface area (Å²) < 4.78 is 5.40. The molecule has 0 aromatic heterocycles. The molecule has 1 aliphatic rings. The first-order valence-corrected chi connectivity index (χ1v) is 5.51. The van der Waals surface area contributed by atoms with Crippen molar-refractivity contribution in [3.05, 3.63) is 29.8 Å². The molecule has 0 aliphatic carbocycles. The molecule has 4 nitrogen and oxygen atoms in total. The van der Waals surface area contributed by atoms with E-state index in [2.05, 4.69) is 4.90 Å². The predicted octanol–water partition coefficient (Wildman–Crippen LogP) is 0.376. The fourth-order valence-corrected chi connectivity index (χ4v) is 2.00. The third kappa shape index (κ3) is 2.35. The third-order valence-corrected chi connectivity index (χ3v) is 2.85. The number of benzene rings is 1. The van der Waals surface area contributed by atoms with Crippen molar-refractivity contribution >= 4 is 5.69 Å². The van der Waals surface area contributed by atoms with Crippen LogP contribution in [0.5, 0.6) is 0 Å². The summed E-state index contributed by atoms with van der Waals surface area (Å²) in [5, 5.41) is 18.3. The molecule has 1 saturated heterocycles. The van der Waals surface area contributed by atoms with Crippen LogP contribution in [0.2, 0.25) is 0 Å². The lowest BCUT2D eigenvalue weighted by Crippen LogP contribution is -2.44. The van der Waals surface area contributed by atoms with Gasteiger partial charge < -0.3 is 19.8 Å². The first-order valence-electron chi connectivity index (χ1n) is 5.51. The van der Waals surface area contributed by atoms with Crippen LogP contribution >= 0.6 is 0 Å². The van der Waals surface area contributed by atoms with Gasteiger partial charge in [0.15, 0.2) is 0 Å². The maximum Gasteiger partial charge on any atom is 0.0980 e. The minimum absolute atomic E-state index is 0.0390. The van der Waals surface area contributed by atoms with Crippen molar-refractivity contribution in [1.82, 2.24) is 0 Å². The number of anilines is 1. The van der Waals surface area contributed by atoms with Crippen LogP contribution in [-0.4, -0.2) is 42.6 Å². The van der Waals surface area contributed by atoms with Gasteiger partial charge in [0.25, 0.3) is 0 Å². The molecule has 1 aromatic carbocycles. The average Bonchev–Trinajstić information content (AvgIpc) is 2.38. The highest BCUT2D eigenvalue weighted by atomic mass is 16.5. The molecule has 1 fully saturated rings. The van der Waals surface area contributed by atoms with Gasteiger partial charge in [-0.3, -0.25) is 0 Å². The summed E-state index contributed by atoms with van der Waals surface area (Å²) in [5.41, 5.74) is 1.95. The topological polar surface area (TPSA) is 52.9 Å². The summed E-state index contributed by atoms with van der Waals surface area (Å²) in [7, 11) is 0. The minimum atomic E-state index is -0.125. The van der Waals surface area contributed by atoms with E-state index in [-0.39, 0.29) is 19.3 Å². The van der Waals surface area contributed by atoms with E-state index in [0.29, 0.717) is 13.2 Å². The molecule has 88 valence electrons. The van der Waals surface area contributed by atoms with E-state index in [9.17, 15) is 5.11 Å². The lowest BCUT2D eigenvalue weighted by atomic mass is 10.1. The van der Waals surface area contributed by atoms with Gasteiger partial charge in [0.2, 0.25) is 0 Å². The van der Waals surface area contributed by atoms with Crippen LogP contribution in [0.1, 0.15) is 5.56 Å². The van der Waals surface area contributed by atoms with Gasteiger partial charge in [0.05, 0.1) is 25.9 Å². The van der Waals surface area contributed by atoms with Gasteiger partial charge >= 0.3 is 0 Å². The molecule has 1 unspecified atom stereocenters. The van der Waals surface area contributed by atoms with E-state index in [4.69, 9.17) is 9.84 Å². The summed E-state index contributed by atoms with van der Waals surface area (Å²) >= 11 is 0. The van der Waals surface area contributed by atoms with Crippen LogP contribution in [0.3, 0.4) is 0 Å². The first-order chi connectivity index (χ1) is 7.85. The number of rotatable bonds is 3. The van der Waals surface area contributed by atoms with Gasteiger partial charge in [-0.15, -0.1) is 0 Å². The molecule has 1 aromatic rings. The predicted molar refractivity (Wildman–Crippen MR) is 61.4 cm³/mol. The maximum absolute atomic E-state index is 9.26. The van der Waals surface area contributed by atoms with E-state index in [1.165, 1.54) is 0 Å². The van der Waals surface area contributed by atoms with Crippen molar-refractivity contribution in [2.75, 3.05) is 31.2 Å². The van der Waals surface area contributed by atoms with Gasteiger partial charge in [-0.1, -0.05) is 18.2 Å². The summed E-state index contributed by atoms with van der Waals surface area (Å²) in [6, 6.07) is 7.78. The number of para-hydroxylation sites is 1. The molecule has 1 heterocycles. The van der Waals surface area contributed by atoms with Crippen LogP contribution in [-0.2, 0) is 11.3 Å². The van der Waals surface area contributed by atoms with Crippen molar-refractivity contribution in [2.45, 2.75) is 12.7 Å². The largest absolute Gasteiger partial charge is 0.394 e. The monoisotopic (exact) mass is 223 g/mol. The zero-order chi connectivity index (χ0) is 11.4. The van der Waals surface area contributed by atoms with Crippen molar-refractivity contribution < 1.29 is 14.9 Å². The summed E-state index contributed by atoms with van der Waals surface area (Å²) in [5.74, 6) is 0. The van der Waals surface area contributed by atoms with Crippen LogP contribution < -0.4 is 4.90 Å². The molecule has 0 bridgehead atoms. The second-order valence-corrected chi connectivity index (χ2v) is 3.91. The Hall–Kier alpha value is -1.10. The molecule has 4 heteroatoms. The molecular formula is C12H17NO3. The number of aliphatic hydroxyl groups is 2. The number of morpholine rings is 1. The first kappa shape index (κ1) is 11.4. The van der Waals surface area contributed by atoms with E-state index < -0.39 is 0 Å². The fourth-order valence-electron chi connectivity index (χ4n) is 2.00. The van der Waals surface area contributed by atoms with Crippen LogP contribution in [0.15, 0.2) is 24.3 Å². The van der Waals surface area contributed by atoms with Crippen LogP contribution in [0.4, 0.5) is 5.69 Å². The number of aliphatic hydroxyl groups excluding tert-OH is 2. The van der Waals surface area contributed by atoms with E-state index in [1.54, 1.807) is 0 Å². The molecule has 2 N–H and O–H groups in total. The fraction of sp³-hybridized carbons (Fsp3) is 0.500. The molecule has 1 atom stereocenters. The second kappa shape index (κ2) is 5.30. The highest BCUT2D eigenvalue weighted by molar-refractivity contribution is 5.53. The average molecular weight is 223 g/mol. The Morgan fingerprint density at radius 3 is 2.88 bits per heavy atom. The zero-order valence-corrected chi connectivity index (χ0v) is 9.17. The van der Waals surface area contributed by atoms with Gasteiger partial charge in [-0.25, -0.2) is 0 Å². The Kier molecular flexibility index (Phi) is 3.77. The Morgan fingerprint density at radius 2 is 2.12 bits per heavy atom. The van der Waals surface area contributed by atoms with Crippen LogP contribution in [0, 0.1) is 0 Å². The molecule has 2 rings (SSSR count). The van der Waals surface area contributed by atoms with E-state index in [0.717, 1.165) is 17.8 Å². The van der Waals surface area contributed by atoms with Crippen molar-refractivity contribution in [3.63, 3.8) is 0 Å². The van der Waals surface area contributed by atoms with E-state index in [1.807, 2.05) is 24.3 Å². The Bertz CT molecular complexity index is 343. The molecule has 16 heavy (non-hydrogen) atoms. The standard InChI is InChI=1S/C12H17NO3/c14-8-10-3-1-2-4-12(10)13-5-6-16-11(7-13)9-15/h1-4,11,14-15H,5-9H2. The van der Waals surface area contributed by atoms with Gasteiger partial charge in [-0.05, 0) is 6.07 Å². The third-order valence-electron chi connectivity index (χ3n) is 2.85. The highest BCUT2D eigenvalue weighted by Crippen LogP contribution is 2.22. The maximum atomic E-state index is 9.26. The number of nitrogens with zero attached hydrogens (tertiary/aromatic N) is 1. The Labute approximate surface area is 95.1 Å². The van der Waals surface area contributed by atoms with Crippen molar-refractivity contribution in [2.24, 2.45) is 0 Å². The summed E-state index contributed by atoms with van der Waals surface area (Å²) in [4.78, 5) is 2.15. The van der Waals surface area contributed by atoms with E-state index >= 15 is 0 Å². The normalized spacial score (nSPS) is 21.1. The second-order valence-electron chi connectivity index (χ2n) is 3.91. The van der Waals surface area contributed by atoms with Crippen LogP contribution in [0.25, 0.3) is 0 Å². The van der Waals surface area contributed by atoms with Gasteiger partial charge in [0.1, 0.15) is 0 Å². The number of ether oxygens (including phenoxy) is 1. The van der Waals surface area contributed by atoms with Crippen molar-refractivity contribution in [3.8, 4) is 0 Å². The zero-order valence-electron chi connectivity index (χ0n) is 9.17. The Morgan fingerprint density at radius 1 is 1.31 bits per heavy atom. The SMILES string of the molecule is OCc1ccccc1N1CCOC(CO)C1. The highest BCUT2D eigenvalue weighted by Gasteiger charge is 2.21. The quantitative estimate of drug-likeness (QED) is 0.777. The summed E-state index contributed by atoms with van der Waals surface area (Å²) in [6.07, 6.45) is -0.125. The molecule has 0 saturated carbocycles.